The lowest BCUT2D eigenvalue weighted by molar-refractivity contribution is 0.102. The van der Waals surface area contributed by atoms with Crippen molar-refractivity contribution in [1.82, 2.24) is 10.3 Å². The molecule has 0 fully saturated rings. The minimum absolute atomic E-state index is 0.227. The molecule has 0 saturated heterocycles. The first kappa shape index (κ1) is 23.3. The molecule has 1 aromatic heterocycles. The molecule has 4 aromatic rings. The molecular weight excluding hydrogens is 450 g/mol. The fourth-order valence-electron chi connectivity index (χ4n) is 3.88. The Bertz CT molecular complexity index is 1350. The second-order valence-electron chi connectivity index (χ2n) is 8.52. The summed E-state index contributed by atoms with van der Waals surface area (Å²) in [7, 11) is 1.59. The molecule has 7 nitrogen and oxygen atoms in total. The summed E-state index contributed by atoms with van der Waals surface area (Å²) in [5.41, 5.74) is 3.55. The van der Waals surface area contributed by atoms with Crippen LogP contribution < -0.4 is 15.4 Å². The third-order valence-electron chi connectivity index (χ3n) is 5.31. The SMILES string of the molecule is COc1ccc(-c2cccc(CC(C)(C)NC(=O)O)c2)c2sc(NC(=O)c3ccccc3)nc12. The minimum atomic E-state index is -1.05. The standard InChI is InChI=1S/C26H25N3O4S/c1-26(2,29-25(31)32)15-16-8-7-11-18(14-16)19-12-13-20(33-3)21-22(19)34-24(27-21)28-23(30)17-9-5-4-6-10-17/h4-14,29H,15H2,1-3H3,(H,31,32)(H,27,28,30). The van der Waals surface area contributed by atoms with Gasteiger partial charge in [-0.1, -0.05) is 53.8 Å². The predicted octanol–water partition coefficient (Wildman–Crippen LogP) is 5.81. The monoisotopic (exact) mass is 475 g/mol. The van der Waals surface area contributed by atoms with Gasteiger partial charge in [-0.3, -0.25) is 10.1 Å². The van der Waals surface area contributed by atoms with Crippen molar-refractivity contribution >= 4 is 38.7 Å². The van der Waals surface area contributed by atoms with E-state index >= 15 is 0 Å². The van der Waals surface area contributed by atoms with Crippen LogP contribution in [0.25, 0.3) is 21.3 Å². The van der Waals surface area contributed by atoms with Crippen LogP contribution in [0.15, 0.2) is 66.7 Å². The number of benzene rings is 3. The summed E-state index contributed by atoms with van der Waals surface area (Å²) in [5.74, 6) is 0.397. The van der Waals surface area contributed by atoms with E-state index in [1.165, 1.54) is 11.3 Å². The molecule has 174 valence electrons. The van der Waals surface area contributed by atoms with Crippen molar-refractivity contribution in [3.8, 4) is 16.9 Å². The Morgan fingerprint density at radius 1 is 1.06 bits per heavy atom. The van der Waals surface area contributed by atoms with Gasteiger partial charge in [0.1, 0.15) is 11.3 Å². The van der Waals surface area contributed by atoms with Crippen molar-refractivity contribution in [3.63, 3.8) is 0 Å². The Hall–Kier alpha value is -3.91. The molecule has 0 aliphatic carbocycles. The summed E-state index contributed by atoms with van der Waals surface area (Å²) < 4.78 is 6.41. The topological polar surface area (TPSA) is 101 Å². The average molecular weight is 476 g/mol. The minimum Gasteiger partial charge on any atom is -0.494 e. The van der Waals surface area contributed by atoms with E-state index in [1.54, 1.807) is 19.2 Å². The molecule has 2 amide bonds. The zero-order valence-electron chi connectivity index (χ0n) is 19.1. The second kappa shape index (κ2) is 9.52. The van der Waals surface area contributed by atoms with Crippen molar-refractivity contribution in [2.24, 2.45) is 0 Å². The quantitative estimate of drug-likeness (QED) is 0.313. The van der Waals surface area contributed by atoms with Crippen molar-refractivity contribution in [2.45, 2.75) is 25.8 Å². The first-order valence-corrected chi connectivity index (χ1v) is 11.5. The number of thiazole rings is 1. The molecule has 8 heteroatoms. The maximum absolute atomic E-state index is 12.6. The number of amides is 2. The molecule has 0 saturated carbocycles. The van der Waals surface area contributed by atoms with Crippen LogP contribution in [-0.4, -0.2) is 34.7 Å². The number of carboxylic acid groups (broad SMARTS) is 1. The first-order chi connectivity index (χ1) is 16.3. The van der Waals surface area contributed by atoms with Gasteiger partial charge in [0.15, 0.2) is 5.13 Å². The van der Waals surface area contributed by atoms with Gasteiger partial charge in [0, 0.05) is 16.7 Å². The molecule has 0 bridgehead atoms. The fourth-order valence-corrected chi connectivity index (χ4v) is 4.89. The van der Waals surface area contributed by atoms with Gasteiger partial charge in [-0.2, -0.15) is 0 Å². The van der Waals surface area contributed by atoms with Crippen molar-refractivity contribution < 1.29 is 19.4 Å². The average Bonchev–Trinajstić information content (AvgIpc) is 3.21. The smallest absolute Gasteiger partial charge is 0.405 e. The Labute approximate surface area is 201 Å². The van der Waals surface area contributed by atoms with Crippen LogP contribution in [0.5, 0.6) is 5.75 Å². The van der Waals surface area contributed by atoms with E-state index in [0.717, 1.165) is 21.4 Å². The third-order valence-corrected chi connectivity index (χ3v) is 6.32. The van der Waals surface area contributed by atoms with E-state index < -0.39 is 11.6 Å². The maximum Gasteiger partial charge on any atom is 0.405 e. The molecule has 4 rings (SSSR count). The molecular formula is C26H25N3O4S. The highest BCUT2D eigenvalue weighted by atomic mass is 32.1. The van der Waals surface area contributed by atoms with Gasteiger partial charge in [-0.15, -0.1) is 0 Å². The number of nitrogens with one attached hydrogen (secondary N) is 2. The highest BCUT2D eigenvalue weighted by Crippen LogP contribution is 2.40. The fraction of sp³-hybridized carbons (Fsp3) is 0.192. The highest BCUT2D eigenvalue weighted by molar-refractivity contribution is 7.23. The second-order valence-corrected chi connectivity index (χ2v) is 9.52. The summed E-state index contributed by atoms with van der Waals surface area (Å²) in [6.07, 6.45) is -0.513. The number of ether oxygens (including phenoxy) is 1. The summed E-state index contributed by atoms with van der Waals surface area (Å²) in [6, 6.07) is 20.8. The third kappa shape index (κ3) is 5.18. The molecule has 3 aromatic carbocycles. The Kier molecular flexibility index (Phi) is 6.51. The summed E-state index contributed by atoms with van der Waals surface area (Å²) >= 11 is 1.39. The van der Waals surface area contributed by atoms with Gasteiger partial charge in [0.05, 0.1) is 11.8 Å². The van der Waals surface area contributed by atoms with Crippen LogP contribution in [0, 0.1) is 0 Å². The van der Waals surface area contributed by atoms with Crippen LogP contribution in [0.2, 0.25) is 0 Å². The Morgan fingerprint density at radius 2 is 1.82 bits per heavy atom. The number of hydrogen-bond donors (Lipinski definition) is 3. The van der Waals surface area contributed by atoms with E-state index in [1.807, 2.05) is 62.4 Å². The van der Waals surface area contributed by atoms with Crippen molar-refractivity contribution in [3.05, 3.63) is 77.9 Å². The van der Waals surface area contributed by atoms with Gasteiger partial charge >= 0.3 is 6.09 Å². The summed E-state index contributed by atoms with van der Waals surface area (Å²) in [5, 5.41) is 15.0. The number of rotatable bonds is 7. The largest absolute Gasteiger partial charge is 0.494 e. The first-order valence-electron chi connectivity index (χ1n) is 10.7. The highest BCUT2D eigenvalue weighted by Gasteiger charge is 2.21. The lowest BCUT2D eigenvalue weighted by Crippen LogP contribution is -2.44. The molecule has 0 atom stereocenters. The maximum atomic E-state index is 12.6. The Balaban J connectivity index is 1.69. The number of methoxy groups -OCH3 is 1. The van der Waals surface area contributed by atoms with Crippen molar-refractivity contribution in [2.75, 3.05) is 12.4 Å². The lowest BCUT2D eigenvalue weighted by Gasteiger charge is -2.24. The predicted molar refractivity (Wildman–Crippen MR) is 135 cm³/mol. The number of aromatic nitrogens is 1. The van der Waals surface area contributed by atoms with Crippen LogP contribution in [-0.2, 0) is 6.42 Å². The zero-order valence-corrected chi connectivity index (χ0v) is 19.9. The number of anilines is 1. The molecule has 0 aliphatic heterocycles. The van der Waals surface area contributed by atoms with Gasteiger partial charge in [0.2, 0.25) is 0 Å². The molecule has 0 aliphatic rings. The van der Waals surface area contributed by atoms with E-state index in [9.17, 15) is 9.59 Å². The number of fused-ring (bicyclic) bond motifs is 1. The molecule has 3 N–H and O–H groups in total. The summed E-state index contributed by atoms with van der Waals surface area (Å²) in [6.45, 7) is 3.70. The molecule has 0 unspecified atom stereocenters. The number of carbonyl (C=O) groups excluding carboxylic acids is 1. The normalized spacial score (nSPS) is 11.3. The van der Waals surface area contributed by atoms with Crippen LogP contribution in [0.3, 0.4) is 0 Å². The lowest BCUT2D eigenvalue weighted by atomic mass is 9.93. The van der Waals surface area contributed by atoms with Gasteiger partial charge < -0.3 is 15.2 Å². The van der Waals surface area contributed by atoms with Gasteiger partial charge in [-0.05, 0) is 55.7 Å². The van der Waals surface area contributed by atoms with E-state index in [-0.39, 0.29) is 5.91 Å². The van der Waals surface area contributed by atoms with Crippen molar-refractivity contribution in [1.29, 1.82) is 0 Å². The molecule has 1 heterocycles. The summed E-state index contributed by atoms with van der Waals surface area (Å²) in [4.78, 5) is 28.4. The van der Waals surface area contributed by atoms with Crippen LogP contribution >= 0.6 is 11.3 Å². The number of hydrogen-bond acceptors (Lipinski definition) is 5. The van der Waals surface area contributed by atoms with Crippen LogP contribution in [0.4, 0.5) is 9.93 Å². The molecule has 0 spiro atoms. The van der Waals surface area contributed by atoms with E-state index in [4.69, 9.17) is 9.84 Å². The Morgan fingerprint density at radius 3 is 2.53 bits per heavy atom. The number of nitrogens with zero attached hydrogens (tertiary/aromatic N) is 1. The van der Waals surface area contributed by atoms with E-state index in [0.29, 0.717) is 28.4 Å². The zero-order chi connectivity index (χ0) is 24.3. The van der Waals surface area contributed by atoms with Crippen LogP contribution in [0.1, 0.15) is 29.8 Å². The molecule has 34 heavy (non-hydrogen) atoms. The molecule has 0 radical (unpaired) electrons. The van der Waals surface area contributed by atoms with Gasteiger partial charge in [0.25, 0.3) is 5.91 Å². The number of carbonyl (C=O) groups is 2. The van der Waals surface area contributed by atoms with Gasteiger partial charge in [-0.25, -0.2) is 9.78 Å². The van der Waals surface area contributed by atoms with E-state index in [2.05, 4.69) is 21.7 Å².